The fourth-order valence-electron chi connectivity index (χ4n) is 2.69. The summed E-state index contributed by atoms with van der Waals surface area (Å²) in [6, 6.07) is 15.6. The molecule has 0 aliphatic heterocycles. The highest BCUT2D eigenvalue weighted by Crippen LogP contribution is 2.27. The summed E-state index contributed by atoms with van der Waals surface area (Å²) in [6.07, 6.45) is 2.30. The molecule has 1 N–H and O–H groups in total. The van der Waals surface area contributed by atoms with E-state index in [0.717, 1.165) is 16.1 Å². The molecule has 7 heteroatoms. The monoisotopic (exact) mass is 398 g/mol. The van der Waals surface area contributed by atoms with Crippen LogP contribution in [0.5, 0.6) is 0 Å². The van der Waals surface area contributed by atoms with Gasteiger partial charge in [-0.15, -0.1) is 11.8 Å². The minimum atomic E-state index is -0.429. The molecule has 138 valence electrons. The van der Waals surface area contributed by atoms with Gasteiger partial charge in [0.25, 0.3) is 5.69 Å². The SMILES string of the molecule is CSc1ccc(C(=O)CC(Nc2ccc([N+](=O)[O-])cc2)c2ccsc2)cc1. The lowest BCUT2D eigenvalue weighted by molar-refractivity contribution is -0.384. The highest BCUT2D eigenvalue weighted by Gasteiger charge is 2.18. The number of hydrogen-bond acceptors (Lipinski definition) is 6. The second-order valence-corrected chi connectivity index (χ2v) is 7.57. The Kier molecular flexibility index (Phi) is 6.26. The highest BCUT2D eigenvalue weighted by molar-refractivity contribution is 7.98. The van der Waals surface area contributed by atoms with Crippen molar-refractivity contribution in [3.05, 3.63) is 86.6 Å². The number of hydrogen-bond donors (Lipinski definition) is 1. The van der Waals surface area contributed by atoms with Crippen LogP contribution in [0.15, 0.2) is 70.3 Å². The molecule has 0 radical (unpaired) electrons. The molecule has 3 rings (SSSR count). The second-order valence-electron chi connectivity index (χ2n) is 5.91. The van der Waals surface area contributed by atoms with Crippen LogP contribution in [0, 0.1) is 10.1 Å². The van der Waals surface area contributed by atoms with Crippen molar-refractivity contribution in [3.8, 4) is 0 Å². The van der Waals surface area contributed by atoms with E-state index >= 15 is 0 Å². The Bertz CT molecular complexity index is 907. The maximum atomic E-state index is 12.8. The molecular formula is C20H18N2O3S2. The highest BCUT2D eigenvalue weighted by atomic mass is 32.2. The quantitative estimate of drug-likeness (QED) is 0.224. The molecule has 0 aliphatic carbocycles. The number of non-ortho nitro benzene ring substituents is 1. The number of ketones is 1. The third kappa shape index (κ3) is 4.96. The van der Waals surface area contributed by atoms with Gasteiger partial charge in [0.2, 0.25) is 0 Å². The van der Waals surface area contributed by atoms with Gasteiger partial charge in [0, 0.05) is 34.7 Å². The van der Waals surface area contributed by atoms with E-state index in [1.54, 1.807) is 35.2 Å². The van der Waals surface area contributed by atoms with Crippen molar-refractivity contribution >= 4 is 40.3 Å². The van der Waals surface area contributed by atoms with Crippen LogP contribution in [-0.2, 0) is 0 Å². The largest absolute Gasteiger partial charge is 0.378 e. The number of anilines is 1. The average molecular weight is 399 g/mol. The van der Waals surface area contributed by atoms with Crippen molar-refractivity contribution < 1.29 is 9.72 Å². The van der Waals surface area contributed by atoms with E-state index in [0.29, 0.717) is 12.0 Å². The summed E-state index contributed by atoms with van der Waals surface area (Å²) in [4.78, 5) is 24.2. The van der Waals surface area contributed by atoms with Gasteiger partial charge in [-0.2, -0.15) is 11.3 Å². The van der Waals surface area contributed by atoms with Gasteiger partial charge in [-0.25, -0.2) is 0 Å². The van der Waals surface area contributed by atoms with Gasteiger partial charge in [0.1, 0.15) is 0 Å². The molecule has 2 aromatic carbocycles. The zero-order valence-electron chi connectivity index (χ0n) is 14.6. The van der Waals surface area contributed by atoms with Crippen LogP contribution in [0.4, 0.5) is 11.4 Å². The predicted octanol–water partition coefficient (Wildman–Crippen LogP) is 5.80. The molecule has 0 fully saturated rings. The number of Topliss-reactive ketones (excluding diaryl/α,β-unsaturated/α-hetero) is 1. The van der Waals surface area contributed by atoms with Gasteiger partial charge in [0.15, 0.2) is 5.78 Å². The summed E-state index contributed by atoms with van der Waals surface area (Å²) >= 11 is 3.21. The first-order chi connectivity index (χ1) is 13.1. The van der Waals surface area contributed by atoms with Crippen LogP contribution in [0.3, 0.4) is 0 Å². The fourth-order valence-corrected chi connectivity index (χ4v) is 3.81. The molecule has 0 amide bonds. The van der Waals surface area contributed by atoms with Crippen molar-refractivity contribution in [3.63, 3.8) is 0 Å². The molecule has 1 aromatic heterocycles. The third-order valence-corrected chi connectivity index (χ3v) is 5.61. The van der Waals surface area contributed by atoms with E-state index in [1.807, 2.05) is 47.3 Å². The van der Waals surface area contributed by atoms with Gasteiger partial charge < -0.3 is 5.32 Å². The third-order valence-electron chi connectivity index (χ3n) is 4.17. The Labute approximate surface area is 165 Å². The predicted molar refractivity (Wildman–Crippen MR) is 111 cm³/mol. The lowest BCUT2D eigenvalue weighted by Gasteiger charge is -2.19. The number of thioether (sulfide) groups is 1. The molecule has 1 heterocycles. The van der Waals surface area contributed by atoms with E-state index in [9.17, 15) is 14.9 Å². The molecule has 0 saturated carbocycles. The number of benzene rings is 2. The summed E-state index contributed by atoms with van der Waals surface area (Å²) in [5.74, 6) is 0.0493. The molecule has 27 heavy (non-hydrogen) atoms. The Morgan fingerprint density at radius 2 is 1.85 bits per heavy atom. The first-order valence-electron chi connectivity index (χ1n) is 8.27. The van der Waals surface area contributed by atoms with Crippen LogP contribution in [0.1, 0.15) is 28.4 Å². The normalized spacial score (nSPS) is 11.7. The molecule has 3 aromatic rings. The number of nitro groups is 1. The van der Waals surface area contributed by atoms with E-state index in [1.165, 1.54) is 12.1 Å². The number of carbonyl (C=O) groups is 1. The number of carbonyl (C=O) groups excluding carboxylic acids is 1. The Morgan fingerprint density at radius 3 is 2.41 bits per heavy atom. The lowest BCUT2D eigenvalue weighted by Crippen LogP contribution is -2.15. The molecule has 5 nitrogen and oxygen atoms in total. The van der Waals surface area contributed by atoms with E-state index in [-0.39, 0.29) is 17.5 Å². The summed E-state index contributed by atoms with van der Waals surface area (Å²) in [5, 5.41) is 18.1. The molecular weight excluding hydrogens is 380 g/mol. The fraction of sp³-hybridized carbons (Fsp3) is 0.150. The standard InChI is InChI=1S/C20H18N2O3S2/c1-26-18-8-2-14(3-9-18)20(23)12-19(15-10-11-27-13-15)21-16-4-6-17(7-5-16)22(24)25/h2-11,13,19,21H,12H2,1H3. The maximum Gasteiger partial charge on any atom is 0.269 e. The Morgan fingerprint density at radius 1 is 1.15 bits per heavy atom. The Balaban J connectivity index is 1.77. The number of nitrogens with zero attached hydrogens (tertiary/aromatic N) is 1. The van der Waals surface area contributed by atoms with E-state index in [4.69, 9.17) is 0 Å². The van der Waals surface area contributed by atoms with Crippen molar-refractivity contribution in [1.29, 1.82) is 0 Å². The van der Waals surface area contributed by atoms with Gasteiger partial charge in [-0.05, 0) is 52.9 Å². The lowest BCUT2D eigenvalue weighted by atomic mass is 9.99. The summed E-state index contributed by atoms with van der Waals surface area (Å²) < 4.78 is 0. The van der Waals surface area contributed by atoms with Crippen LogP contribution in [0.2, 0.25) is 0 Å². The summed E-state index contributed by atoms with van der Waals surface area (Å²) in [5.41, 5.74) is 2.48. The number of nitrogens with one attached hydrogen (secondary N) is 1. The van der Waals surface area contributed by atoms with Gasteiger partial charge in [-0.1, -0.05) is 12.1 Å². The van der Waals surface area contributed by atoms with Crippen LogP contribution < -0.4 is 5.32 Å². The van der Waals surface area contributed by atoms with Crippen molar-refractivity contribution in [1.82, 2.24) is 0 Å². The average Bonchev–Trinajstić information content (AvgIpc) is 3.22. The zero-order chi connectivity index (χ0) is 19.2. The molecule has 0 saturated heterocycles. The van der Waals surface area contributed by atoms with Crippen LogP contribution in [0.25, 0.3) is 0 Å². The smallest absolute Gasteiger partial charge is 0.269 e. The van der Waals surface area contributed by atoms with Crippen LogP contribution >= 0.6 is 23.1 Å². The van der Waals surface area contributed by atoms with Crippen molar-refractivity contribution in [2.24, 2.45) is 0 Å². The summed E-state index contributed by atoms with van der Waals surface area (Å²) in [7, 11) is 0. The van der Waals surface area contributed by atoms with E-state index < -0.39 is 4.92 Å². The number of rotatable bonds is 8. The first-order valence-corrected chi connectivity index (χ1v) is 10.4. The summed E-state index contributed by atoms with van der Waals surface area (Å²) in [6.45, 7) is 0. The molecule has 0 aliphatic rings. The zero-order valence-corrected chi connectivity index (χ0v) is 16.3. The van der Waals surface area contributed by atoms with Crippen LogP contribution in [-0.4, -0.2) is 17.0 Å². The van der Waals surface area contributed by atoms with E-state index in [2.05, 4.69) is 5.32 Å². The Hall–Kier alpha value is -2.64. The molecule has 0 bridgehead atoms. The molecule has 0 spiro atoms. The second kappa shape index (κ2) is 8.83. The van der Waals surface area contributed by atoms with Crippen molar-refractivity contribution in [2.45, 2.75) is 17.4 Å². The van der Waals surface area contributed by atoms with Gasteiger partial charge in [0.05, 0.1) is 11.0 Å². The molecule has 1 unspecified atom stereocenters. The van der Waals surface area contributed by atoms with Gasteiger partial charge in [-0.3, -0.25) is 14.9 Å². The number of thiophene rings is 1. The maximum absolute atomic E-state index is 12.8. The minimum Gasteiger partial charge on any atom is -0.378 e. The number of nitro benzene ring substituents is 1. The topological polar surface area (TPSA) is 72.2 Å². The first kappa shape index (κ1) is 19.1. The van der Waals surface area contributed by atoms with Gasteiger partial charge >= 0.3 is 0 Å². The molecule has 1 atom stereocenters. The van der Waals surface area contributed by atoms with Crippen molar-refractivity contribution in [2.75, 3.05) is 11.6 Å². The minimum absolute atomic E-state index is 0.0394.